The number of rotatable bonds is 6. The molecule has 0 amide bonds. The first-order valence-corrected chi connectivity index (χ1v) is 8.07. The largest absolute Gasteiger partial charge is 0.274 e. The molecule has 0 aliphatic carbocycles. The van der Waals surface area contributed by atoms with Crippen molar-refractivity contribution in [1.82, 2.24) is 19.6 Å². The summed E-state index contributed by atoms with van der Waals surface area (Å²) in [5.41, 5.74) is 6.78. The number of hydrogen-bond donors (Lipinski definition) is 1. The van der Waals surface area contributed by atoms with Crippen molar-refractivity contribution in [3.63, 3.8) is 0 Å². The number of aromatic nitrogens is 4. The minimum Gasteiger partial charge on any atom is -0.274 e. The minimum absolute atomic E-state index is 0.550. The molecule has 0 bridgehead atoms. The highest BCUT2D eigenvalue weighted by Crippen LogP contribution is 2.22. The second kappa shape index (κ2) is 7.11. The lowest BCUT2D eigenvalue weighted by atomic mass is 10.1. The minimum atomic E-state index is 0.550. The van der Waals surface area contributed by atoms with Crippen molar-refractivity contribution in [2.75, 3.05) is 12.1 Å². The van der Waals surface area contributed by atoms with E-state index in [9.17, 15) is 0 Å². The Labute approximate surface area is 145 Å². The first kappa shape index (κ1) is 15.3. The molecule has 4 aromatic rings. The average molecular weight is 331 g/mol. The third kappa shape index (κ3) is 3.49. The molecule has 0 aliphatic rings. The first-order chi connectivity index (χ1) is 12.4. The molecule has 3 heterocycles. The topological polar surface area (TPSA) is 64.3 Å². The van der Waals surface area contributed by atoms with E-state index in [2.05, 4.69) is 32.7 Å². The van der Waals surface area contributed by atoms with Crippen LogP contribution in [0.4, 0.5) is 5.82 Å². The van der Waals surface area contributed by atoms with E-state index in [1.807, 2.05) is 48.5 Å². The number of hydrogen-bond acceptors (Lipinski definition) is 5. The Hall–Kier alpha value is -3.25. The van der Waals surface area contributed by atoms with Crippen LogP contribution in [0, 0.1) is 0 Å². The van der Waals surface area contributed by atoms with E-state index in [4.69, 9.17) is 4.84 Å². The Kier molecular flexibility index (Phi) is 4.35. The van der Waals surface area contributed by atoms with Crippen LogP contribution in [-0.2, 0) is 11.3 Å². The molecule has 6 heteroatoms. The van der Waals surface area contributed by atoms with Crippen LogP contribution in [0.3, 0.4) is 0 Å². The zero-order valence-electron chi connectivity index (χ0n) is 13.5. The van der Waals surface area contributed by atoms with Crippen molar-refractivity contribution >= 4 is 11.5 Å². The number of nitrogens with zero attached hydrogens (tertiary/aromatic N) is 4. The highest BCUT2D eigenvalue weighted by atomic mass is 16.6. The second-order valence-electron chi connectivity index (χ2n) is 5.56. The van der Waals surface area contributed by atoms with E-state index < -0.39 is 0 Å². The van der Waals surface area contributed by atoms with Gasteiger partial charge in [-0.05, 0) is 36.2 Å². The predicted octanol–water partition coefficient (Wildman–Crippen LogP) is 3.38. The zero-order valence-corrected chi connectivity index (χ0v) is 13.5. The maximum Gasteiger partial charge on any atom is 0.158 e. The van der Waals surface area contributed by atoms with E-state index in [1.54, 1.807) is 10.7 Å². The Balaban J connectivity index is 1.51. The summed E-state index contributed by atoms with van der Waals surface area (Å²) in [7, 11) is 0. The average Bonchev–Trinajstić information content (AvgIpc) is 3.15. The molecule has 0 saturated heterocycles. The van der Waals surface area contributed by atoms with Crippen molar-refractivity contribution in [2.45, 2.75) is 6.42 Å². The molecular weight excluding hydrogens is 314 g/mol. The Morgan fingerprint density at radius 1 is 0.960 bits per heavy atom. The monoisotopic (exact) mass is 331 g/mol. The number of fused-ring (bicyclic) bond motifs is 1. The van der Waals surface area contributed by atoms with E-state index in [0.717, 1.165) is 23.3 Å². The maximum absolute atomic E-state index is 5.63. The molecule has 3 aromatic heterocycles. The van der Waals surface area contributed by atoms with Crippen molar-refractivity contribution in [1.29, 1.82) is 0 Å². The fourth-order valence-corrected chi connectivity index (χ4v) is 2.62. The van der Waals surface area contributed by atoms with Gasteiger partial charge in [0.2, 0.25) is 0 Å². The van der Waals surface area contributed by atoms with Gasteiger partial charge in [0.25, 0.3) is 0 Å². The van der Waals surface area contributed by atoms with Gasteiger partial charge in [-0.2, -0.15) is 9.61 Å². The molecule has 0 saturated carbocycles. The summed E-state index contributed by atoms with van der Waals surface area (Å²) < 4.78 is 1.70. The molecule has 0 unspecified atom stereocenters. The van der Waals surface area contributed by atoms with Gasteiger partial charge in [-0.15, -0.1) is 0 Å². The third-order valence-corrected chi connectivity index (χ3v) is 3.85. The van der Waals surface area contributed by atoms with Gasteiger partial charge < -0.3 is 0 Å². The van der Waals surface area contributed by atoms with E-state index in [0.29, 0.717) is 12.4 Å². The molecule has 6 nitrogen and oxygen atoms in total. The van der Waals surface area contributed by atoms with Crippen molar-refractivity contribution < 1.29 is 4.84 Å². The van der Waals surface area contributed by atoms with Crippen LogP contribution < -0.4 is 5.48 Å². The Morgan fingerprint density at radius 3 is 2.68 bits per heavy atom. The lowest BCUT2D eigenvalue weighted by Crippen LogP contribution is -2.09. The molecule has 0 fully saturated rings. The fourth-order valence-electron chi connectivity index (χ4n) is 2.62. The number of pyridine rings is 2. The van der Waals surface area contributed by atoms with Crippen LogP contribution in [0.1, 0.15) is 5.56 Å². The van der Waals surface area contributed by atoms with E-state index in [-0.39, 0.29) is 0 Å². The summed E-state index contributed by atoms with van der Waals surface area (Å²) in [6, 6.07) is 19.9. The molecule has 1 N–H and O–H groups in total. The summed E-state index contributed by atoms with van der Waals surface area (Å²) in [6.45, 7) is 0.550. The van der Waals surface area contributed by atoms with Crippen LogP contribution >= 0.6 is 0 Å². The van der Waals surface area contributed by atoms with Gasteiger partial charge in [-0.1, -0.05) is 36.4 Å². The van der Waals surface area contributed by atoms with Gasteiger partial charge in [0.05, 0.1) is 12.3 Å². The SMILES string of the molecule is c1ccc(CCONc2cc(-c3ccccn3)cc3ncnn23)cc1. The summed E-state index contributed by atoms with van der Waals surface area (Å²) in [5.74, 6) is 0.712. The van der Waals surface area contributed by atoms with Crippen LogP contribution in [0.25, 0.3) is 16.9 Å². The van der Waals surface area contributed by atoms with Crippen LogP contribution in [-0.4, -0.2) is 26.2 Å². The molecule has 124 valence electrons. The molecule has 1 aromatic carbocycles. The maximum atomic E-state index is 5.63. The highest BCUT2D eigenvalue weighted by molar-refractivity contribution is 5.68. The summed E-state index contributed by atoms with van der Waals surface area (Å²) >= 11 is 0. The van der Waals surface area contributed by atoms with Gasteiger partial charge >= 0.3 is 0 Å². The number of anilines is 1. The fraction of sp³-hybridized carbons (Fsp3) is 0.105. The van der Waals surface area contributed by atoms with Gasteiger partial charge in [0, 0.05) is 11.8 Å². The highest BCUT2D eigenvalue weighted by Gasteiger charge is 2.08. The zero-order chi connectivity index (χ0) is 16.9. The van der Waals surface area contributed by atoms with Crippen molar-refractivity contribution in [3.8, 4) is 11.3 Å². The van der Waals surface area contributed by atoms with Gasteiger partial charge in [0.15, 0.2) is 11.5 Å². The molecule has 0 radical (unpaired) electrons. The second-order valence-corrected chi connectivity index (χ2v) is 5.56. The lowest BCUT2D eigenvalue weighted by Gasteiger charge is -2.10. The molecule has 25 heavy (non-hydrogen) atoms. The van der Waals surface area contributed by atoms with Crippen LogP contribution in [0.15, 0.2) is 73.2 Å². The lowest BCUT2D eigenvalue weighted by molar-refractivity contribution is 0.195. The van der Waals surface area contributed by atoms with E-state index >= 15 is 0 Å². The standard InChI is InChI=1S/C19H17N5O/c1-2-6-15(7-3-1)9-11-25-23-19-13-16(17-8-4-5-10-20-17)12-18-21-14-22-24(18)19/h1-8,10,12-14,23H,9,11H2. The van der Waals surface area contributed by atoms with Crippen LogP contribution in [0.2, 0.25) is 0 Å². The van der Waals surface area contributed by atoms with E-state index in [1.165, 1.54) is 11.9 Å². The molecule has 0 spiro atoms. The van der Waals surface area contributed by atoms with Gasteiger partial charge in [0.1, 0.15) is 6.33 Å². The first-order valence-electron chi connectivity index (χ1n) is 8.07. The Bertz CT molecular complexity index is 953. The quantitative estimate of drug-likeness (QED) is 0.433. The summed E-state index contributed by atoms with van der Waals surface area (Å²) in [5, 5.41) is 4.23. The summed E-state index contributed by atoms with van der Waals surface area (Å²) in [6.07, 6.45) is 4.12. The molecular formula is C19H17N5O. The smallest absolute Gasteiger partial charge is 0.158 e. The van der Waals surface area contributed by atoms with Crippen molar-refractivity contribution in [3.05, 3.63) is 78.8 Å². The third-order valence-electron chi connectivity index (χ3n) is 3.85. The molecule has 4 rings (SSSR count). The van der Waals surface area contributed by atoms with Gasteiger partial charge in [-0.3, -0.25) is 9.82 Å². The number of benzene rings is 1. The normalized spacial score (nSPS) is 10.9. The number of nitrogens with one attached hydrogen (secondary N) is 1. The van der Waals surface area contributed by atoms with Gasteiger partial charge in [-0.25, -0.2) is 10.5 Å². The molecule has 0 aliphatic heterocycles. The van der Waals surface area contributed by atoms with Crippen molar-refractivity contribution in [2.24, 2.45) is 0 Å². The Morgan fingerprint density at radius 2 is 1.84 bits per heavy atom. The van der Waals surface area contributed by atoms with Crippen LogP contribution in [0.5, 0.6) is 0 Å². The predicted molar refractivity (Wildman–Crippen MR) is 95.9 cm³/mol. The molecule has 0 atom stereocenters. The summed E-state index contributed by atoms with van der Waals surface area (Å²) in [4.78, 5) is 14.3.